The van der Waals surface area contributed by atoms with E-state index < -0.39 is 0 Å². The molecular weight excluding hydrogens is 355 g/mol. The molecule has 0 aliphatic heterocycles. The minimum Gasteiger partial charge on any atom is -0.385 e. The van der Waals surface area contributed by atoms with E-state index in [9.17, 15) is 0 Å². The monoisotopic (exact) mass is 368 g/mol. The molecule has 0 fully saturated rings. The molecule has 1 aromatic carbocycles. The highest BCUT2D eigenvalue weighted by Gasteiger charge is 2.00. The highest BCUT2D eigenvalue weighted by atomic mass is 127. The first-order valence-corrected chi connectivity index (χ1v) is 6.39. The van der Waals surface area contributed by atoms with Crippen molar-refractivity contribution in [3.63, 3.8) is 0 Å². The van der Waals surface area contributed by atoms with E-state index in [0.29, 0.717) is 5.92 Å². The van der Waals surface area contributed by atoms with Crippen LogP contribution in [-0.2, 0) is 0 Å². The van der Waals surface area contributed by atoms with Crippen LogP contribution in [0.4, 0.5) is 5.69 Å². The Labute approximate surface area is 107 Å². The summed E-state index contributed by atoms with van der Waals surface area (Å²) < 4.78 is 2.35. The third-order valence-corrected chi connectivity index (χ3v) is 4.30. The van der Waals surface area contributed by atoms with Gasteiger partial charge in [-0.05, 0) is 69.2 Å². The summed E-state index contributed by atoms with van der Waals surface area (Å²) in [5.74, 6) is 0.510. The summed E-state index contributed by atoms with van der Waals surface area (Å²) in [7, 11) is 0. The Bertz CT molecular complexity index is 304. The summed E-state index contributed by atoms with van der Waals surface area (Å²) in [4.78, 5) is 0. The van der Waals surface area contributed by atoms with Crippen LogP contribution < -0.4 is 11.1 Å². The third-order valence-electron chi connectivity index (χ3n) is 1.98. The Hall–Kier alpha value is 0.190. The largest absolute Gasteiger partial charge is 0.385 e. The molecule has 0 spiro atoms. The second kappa shape index (κ2) is 5.92. The summed E-state index contributed by atoms with van der Waals surface area (Å²) in [6.07, 6.45) is 0. The van der Waals surface area contributed by atoms with Crippen LogP contribution in [0.2, 0.25) is 0 Å². The highest BCUT2D eigenvalue weighted by Crippen LogP contribution is 2.22. The molecule has 1 unspecified atom stereocenters. The number of hydrogen-bond donors (Lipinski definition) is 2. The van der Waals surface area contributed by atoms with Gasteiger partial charge in [-0.3, -0.25) is 0 Å². The summed E-state index contributed by atoms with van der Waals surface area (Å²) in [5, 5.41) is 3.36. The van der Waals surface area contributed by atoms with Crippen LogP contribution in [0.5, 0.6) is 0 Å². The summed E-state index contributed by atoms with van der Waals surface area (Å²) in [6, 6.07) is 6.24. The molecule has 14 heavy (non-hydrogen) atoms. The zero-order valence-electron chi connectivity index (χ0n) is 8.06. The first-order chi connectivity index (χ1) is 6.63. The van der Waals surface area contributed by atoms with Gasteiger partial charge in [-0.1, -0.05) is 6.92 Å². The van der Waals surface area contributed by atoms with E-state index in [2.05, 4.69) is 69.0 Å². The number of benzene rings is 1. The van der Waals surface area contributed by atoms with Crippen molar-refractivity contribution in [2.24, 2.45) is 11.7 Å². The lowest BCUT2D eigenvalue weighted by molar-refractivity contribution is 0.628. The molecule has 1 atom stereocenters. The lowest BCUT2D eigenvalue weighted by Gasteiger charge is -2.11. The Morgan fingerprint density at radius 2 is 2.29 bits per heavy atom. The quantitative estimate of drug-likeness (QED) is 0.801. The highest BCUT2D eigenvalue weighted by molar-refractivity contribution is 14.1. The van der Waals surface area contributed by atoms with Crippen molar-refractivity contribution in [3.8, 4) is 0 Å². The first-order valence-electron chi connectivity index (χ1n) is 4.52. The van der Waals surface area contributed by atoms with Gasteiger partial charge >= 0.3 is 0 Å². The van der Waals surface area contributed by atoms with Crippen LogP contribution >= 0.6 is 38.5 Å². The van der Waals surface area contributed by atoms with Crippen LogP contribution in [0.3, 0.4) is 0 Å². The molecule has 0 aromatic heterocycles. The SMILES string of the molecule is CC(CN)CNc1ccc(Br)c(I)c1. The van der Waals surface area contributed by atoms with Gasteiger partial charge in [-0.15, -0.1) is 0 Å². The van der Waals surface area contributed by atoms with Crippen molar-refractivity contribution in [2.45, 2.75) is 6.92 Å². The Morgan fingerprint density at radius 1 is 1.57 bits per heavy atom. The van der Waals surface area contributed by atoms with E-state index in [0.717, 1.165) is 23.2 Å². The van der Waals surface area contributed by atoms with Gasteiger partial charge in [0.25, 0.3) is 0 Å². The van der Waals surface area contributed by atoms with Crippen molar-refractivity contribution in [1.82, 2.24) is 0 Å². The van der Waals surface area contributed by atoms with Crippen LogP contribution in [-0.4, -0.2) is 13.1 Å². The lowest BCUT2D eigenvalue weighted by Crippen LogP contribution is -2.19. The van der Waals surface area contributed by atoms with Gasteiger partial charge in [-0.2, -0.15) is 0 Å². The molecule has 0 radical (unpaired) electrons. The Kier molecular flexibility index (Phi) is 5.19. The third kappa shape index (κ3) is 3.74. The van der Waals surface area contributed by atoms with E-state index in [1.807, 2.05) is 0 Å². The number of halogens is 2. The normalized spacial score (nSPS) is 12.6. The van der Waals surface area contributed by atoms with Crippen LogP contribution in [0.15, 0.2) is 22.7 Å². The van der Waals surface area contributed by atoms with Crippen molar-refractivity contribution in [2.75, 3.05) is 18.4 Å². The smallest absolute Gasteiger partial charge is 0.0351 e. The van der Waals surface area contributed by atoms with Crippen molar-refractivity contribution < 1.29 is 0 Å². The minimum absolute atomic E-state index is 0.510. The fraction of sp³-hybridized carbons (Fsp3) is 0.400. The zero-order valence-corrected chi connectivity index (χ0v) is 11.8. The maximum absolute atomic E-state index is 5.54. The van der Waals surface area contributed by atoms with Gasteiger partial charge in [0.2, 0.25) is 0 Å². The van der Waals surface area contributed by atoms with Crippen LogP contribution in [0.1, 0.15) is 6.92 Å². The molecule has 78 valence electrons. The standard InChI is InChI=1S/C10H14BrIN2/c1-7(5-13)6-14-8-2-3-9(11)10(12)4-8/h2-4,7,14H,5-6,13H2,1H3. The zero-order chi connectivity index (χ0) is 10.6. The molecule has 0 aliphatic carbocycles. The lowest BCUT2D eigenvalue weighted by atomic mass is 10.2. The van der Waals surface area contributed by atoms with E-state index in [4.69, 9.17) is 5.73 Å². The number of nitrogens with two attached hydrogens (primary N) is 1. The van der Waals surface area contributed by atoms with Crippen molar-refractivity contribution in [1.29, 1.82) is 0 Å². The van der Waals surface area contributed by atoms with E-state index in [-0.39, 0.29) is 0 Å². The van der Waals surface area contributed by atoms with Gasteiger partial charge < -0.3 is 11.1 Å². The summed E-state index contributed by atoms with van der Waals surface area (Å²) >= 11 is 5.77. The first kappa shape index (κ1) is 12.3. The molecular formula is C10H14BrIN2. The van der Waals surface area contributed by atoms with E-state index in [1.165, 1.54) is 3.57 Å². The number of hydrogen-bond acceptors (Lipinski definition) is 2. The average molecular weight is 369 g/mol. The second-order valence-corrected chi connectivity index (χ2v) is 5.37. The minimum atomic E-state index is 0.510. The van der Waals surface area contributed by atoms with Gasteiger partial charge in [0, 0.05) is 20.3 Å². The molecule has 0 heterocycles. The van der Waals surface area contributed by atoms with Crippen LogP contribution in [0.25, 0.3) is 0 Å². The number of rotatable bonds is 4. The van der Waals surface area contributed by atoms with Crippen molar-refractivity contribution >= 4 is 44.2 Å². The molecule has 0 saturated heterocycles. The molecule has 4 heteroatoms. The maximum Gasteiger partial charge on any atom is 0.0351 e. The average Bonchev–Trinajstić information content (AvgIpc) is 2.19. The summed E-state index contributed by atoms with van der Waals surface area (Å²) in [5.41, 5.74) is 6.69. The Balaban J connectivity index is 2.55. The van der Waals surface area contributed by atoms with Crippen molar-refractivity contribution in [3.05, 3.63) is 26.2 Å². The molecule has 0 aliphatic rings. The fourth-order valence-corrected chi connectivity index (χ4v) is 1.74. The molecule has 0 amide bonds. The predicted molar refractivity (Wildman–Crippen MR) is 73.6 cm³/mol. The fourth-order valence-electron chi connectivity index (χ4n) is 0.982. The Morgan fingerprint density at radius 3 is 2.86 bits per heavy atom. The predicted octanol–water partition coefficient (Wildman–Crippen LogP) is 3.06. The van der Waals surface area contributed by atoms with E-state index >= 15 is 0 Å². The molecule has 0 bridgehead atoms. The molecule has 1 aromatic rings. The van der Waals surface area contributed by atoms with Gasteiger partial charge in [-0.25, -0.2) is 0 Å². The molecule has 0 saturated carbocycles. The molecule has 3 N–H and O–H groups in total. The van der Waals surface area contributed by atoms with Crippen LogP contribution in [0, 0.1) is 9.49 Å². The molecule has 2 nitrogen and oxygen atoms in total. The topological polar surface area (TPSA) is 38.0 Å². The molecule has 1 rings (SSSR count). The summed E-state index contributed by atoms with van der Waals surface area (Å²) in [6.45, 7) is 3.78. The van der Waals surface area contributed by atoms with Gasteiger partial charge in [0.1, 0.15) is 0 Å². The van der Waals surface area contributed by atoms with Gasteiger partial charge in [0.15, 0.2) is 0 Å². The van der Waals surface area contributed by atoms with E-state index in [1.54, 1.807) is 0 Å². The van der Waals surface area contributed by atoms with Gasteiger partial charge in [0.05, 0.1) is 0 Å². The number of anilines is 1. The number of nitrogens with one attached hydrogen (secondary N) is 1. The maximum atomic E-state index is 5.54. The second-order valence-electron chi connectivity index (χ2n) is 3.35.